The van der Waals surface area contributed by atoms with Gasteiger partial charge in [0, 0.05) is 0 Å². The van der Waals surface area contributed by atoms with Crippen LogP contribution in [0.4, 0.5) is 13.2 Å². The first-order chi connectivity index (χ1) is 14.0. The molecule has 0 aliphatic heterocycles. The van der Waals surface area contributed by atoms with Crippen LogP contribution < -0.4 is 9.46 Å². The minimum absolute atomic E-state index is 0.0969. The predicted octanol–water partition coefficient (Wildman–Crippen LogP) is 3.85. The molecule has 1 amide bonds. The van der Waals surface area contributed by atoms with Crippen LogP contribution in [-0.4, -0.2) is 30.5 Å². The van der Waals surface area contributed by atoms with Crippen LogP contribution in [0.15, 0.2) is 59.5 Å². The SMILES string of the molecule is Cc1nn(-c2ccccc2)c(Cl)c1C(=O)NS(=O)(=O)c1ccc(OC(F)(F)F)cc1. The molecule has 2 aromatic carbocycles. The lowest BCUT2D eigenvalue weighted by Gasteiger charge is -2.10. The number of sulfonamides is 1. The van der Waals surface area contributed by atoms with Crippen molar-refractivity contribution in [2.24, 2.45) is 0 Å². The molecule has 3 rings (SSSR count). The molecule has 0 aliphatic rings. The molecule has 0 fully saturated rings. The molecule has 158 valence electrons. The Morgan fingerprint density at radius 1 is 1.10 bits per heavy atom. The summed E-state index contributed by atoms with van der Waals surface area (Å²) in [6, 6.07) is 12.0. The fraction of sp³-hybridized carbons (Fsp3) is 0.111. The van der Waals surface area contributed by atoms with Crippen molar-refractivity contribution >= 4 is 27.5 Å². The van der Waals surface area contributed by atoms with Gasteiger partial charge in [0.25, 0.3) is 15.9 Å². The standard InChI is InChI=1S/C18H13ClF3N3O4S/c1-11-15(16(19)25(23-11)12-5-3-2-4-6-12)17(26)24-30(27,28)14-9-7-13(8-10-14)29-18(20,21)22/h2-10H,1H3,(H,24,26). The van der Waals surface area contributed by atoms with E-state index in [0.29, 0.717) is 5.69 Å². The number of alkyl halides is 3. The van der Waals surface area contributed by atoms with Gasteiger partial charge in [-0.25, -0.2) is 17.8 Å². The Morgan fingerprint density at radius 3 is 2.27 bits per heavy atom. The lowest BCUT2D eigenvalue weighted by molar-refractivity contribution is -0.274. The summed E-state index contributed by atoms with van der Waals surface area (Å²) in [5.74, 6) is -1.63. The van der Waals surface area contributed by atoms with Gasteiger partial charge in [0.1, 0.15) is 16.5 Å². The van der Waals surface area contributed by atoms with E-state index in [1.165, 1.54) is 11.6 Å². The van der Waals surface area contributed by atoms with Gasteiger partial charge in [0.2, 0.25) is 0 Å². The summed E-state index contributed by atoms with van der Waals surface area (Å²) in [5.41, 5.74) is 0.597. The maximum Gasteiger partial charge on any atom is 0.573 e. The highest BCUT2D eigenvalue weighted by atomic mass is 35.5. The number of halogens is 4. The number of para-hydroxylation sites is 1. The normalized spacial score (nSPS) is 11.9. The van der Waals surface area contributed by atoms with Gasteiger partial charge in [-0.05, 0) is 43.3 Å². The van der Waals surface area contributed by atoms with E-state index in [1.807, 2.05) is 4.72 Å². The van der Waals surface area contributed by atoms with E-state index < -0.39 is 32.9 Å². The maximum atomic E-state index is 12.6. The third-order valence-electron chi connectivity index (χ3n) is 3.83. The van der Waals surface area contributed by atoms with Gasteiger partial charge < -0.3 is 4.74 Å². The number of nitrogens with zero attached hydrogens (tertiary/aromatic N) is 2. The van der Waals surface area contributed by atoms with Gasteiger partial charge in [0.15, 0.2) is 0 Å². The molecule has 3 aromatic rings. The van der Waals surface area contributed by atoms with Crippen molar-refractivity contribution in [3.05, 3.63) is 71.0 Å². The van der Waals surface area contributed by atoms with Crippen LogP contribution in [-0.2, 0) is 10.0 Å². The molecule has 0 atom stereocenters. The highest BCUT2D eigenvalue weighted by Gasteiger charge is 2.31. The third-order valence-corrected chi connectivity index (χ3v) is 5.52. The van der Waals surface area contributed by atoms with Crippen molar-refractivity contribution < 1.29 is 31.1 Å². The second-order valence-electron chi connectivity index (χ2n) is 5.95. The lowest BCUT2D eigenvalue weighted by Crippen LogP contribution is -2.31. The van der Waals surface area contributed by atoms with Crippen molar-refractivity contribution in [2.45, 2.75) is 18.2 Å². The summed E-state index contributed by atoms with van der Waals surface area (Å²) in [7, 11) is -4.39. The number of carbonyl (C=O) groups excluding carboxylic acids is 1. The Balaban J connectivity index is 1.84. The highest BCUT2D eigenvalue weighted by molar-refractivity contribution is 7.90. The molecule has 0 saturated carbocycles. The molecular weight excluding hydrogens is 447 g/mol. The molecule has 0 spiro atoms. The number of aryl methyl sites for hydroxylation is 1. The zero-order valence-electron chi connectivity index (χ0n) is 15.1. The van der Waals surface area contributed by atoms with E-state index in [-0.39, 0.29) is 16.4 Å². The van der Waals surface area contributed by atoms with Gasteiger partial charge >= 0.3 is 6.36 Å². The number of rotatable bonds is 5. The van der Waals surface area contributed by atoms with E-state index in [0.717, 1.165) is 24.3 Å². The van der Waals surface area contributed by atoms with Crippen LogP contribution in [0.1, 0.15) is 16.1 Å². The second kappa shape index (κ2) is 8.00. The summed E-state index contributed by atoms with van der Waals surface area (Å²) in [6.07, 6.45) is -4.91. The number of aromatic nitrogens is 2. The Hall–Kier alpha value is -3.05. The smallest absolute Gasteiger partial charge is 0.406 e. The lowest BCUT2D eigenvalue weighted by atomic mass is 10.2. The summed E-state index contributed by atoms with van der Waals surface area (Å²) in [5, 5.41) is 4.06. The Labute approximate surface area is 174 Å². The summed E-state index contributed by atoms with van der Waals surface area (Å²) in [6.45, 7) is 1.48. The topological polar surface area (TPSA) is 90.3 Å². The van der Waals surface area contributed by atoms with Crippen molar-refractivity contribution in [3.63, 3.8) is 0 Å². The molecule has 1 heterocycles. The monoisotopic (exact) mass is 459 g/mol. The van der Waals surface area contributed by atoms with Crippen molar-refractivity contribution in [2.75, 3.05) is 0 Å². The van der Waals surface area contributed by atoms with E-state index in [9.17, 15) is 26.4 Å². The molecule has 0 unspecified atom stereocenters. The predicted molar refractivity (Wildman–Crippen MR) is 101 cm³/mol. The first-order valence-electron chi connectivity index (χ1n) is 8.21. The molecule has 0 saturated heterocycles. The first-order valence-corrected chi connectivity index (χ1v) is 10.1. The zero-order chi connectivity index (χ0) is 22.1. The number of amides is 1. The second-order valence-corrected chi connectivity index (χ2v) is 7.99. The third kappa shape index (κ3) is 4.74. The number of benzene rings is 2. The van der Waals surface area contributed by atoms with Crippen LogP contribution in [0.25, 0.3) is 5.69 Å². The van der Waals surface area contributed by atoms with Crippen molar-refractivity contribution in [3.8, 4) is 11.4 Å². The minimum Gasteiger partial charge on any atom is -0.406 e. The van der Waals surface area contributed by atoms with Gasteiger partial charge in [-0.1, -0.05) is 29.8 Å². The van der Waals surface area contributed by atoms with Crippen LogP contribution in [0, 0.1) is 6.92 Å². The number of carbonyl (C=O) groups is 1. The Bertz CT molecular complexity index is 1180. The summed E-state index contributed by atoms with van der Waals surface area (Å²) >= 11 is 6.24. The van der Waals surface area contributed by atoms with Crippen LogP contribution in [0.3, 0.4) is 0 Å². The maximum absolute atomic E-state index is 12.6. The van der Waals surface area contributed by atoms with Gasteiger partial charge in [-0.3, -0.25) is 4.79 Å². The van der Waals surface area contributed by atoms with Gasteiger partial charge in [-0.2, -0.15) is 5.10 Å². The molecule has 0 bridgehead atoms. The number of hydrogen-bond acceptors (Lipinski definition) is 5. The summed E-state index contributed by atoms with van der Waals surface area (Å²) < 4.78 is 68.3. The van der Waals surface area contributed by atoms with Crippen LogP contribution >= 0.6 is 11.6 Å². The van der Waals surface area contributed by atoms with E-state index in [1.54, 1.807) is 30.3 Å². The molecule has 1 aromatic heterocycles. The largest absolute Gasteiger partial charge is 0.573 e. The van der Waals surface area contributed by atoms with Gasteiger partial charge in [0.05, 0.1) is 16.3 Å². The van der Waals surface area contributed by atoms with Crippen LogP contribution in [0.2, 0.25) is 5.15 Å². The van der Waals surface area contributed by atoms with E-state index in [4.69, 9.17) is 11.6 Å². The van der Waals surface area contributed by atoms with Gasteiger partial charge in [-0.15, -0.1) is 13.2 Å². The molecule has 30 heavy (non-hydrogen) atoms. The fourth-order valence-electron chi connectivity index (χ4n) is 2.55. The molecular formula is C18H13ClF3N3O4S. The number of nitrogens with one attached hydrogen (secondary N) is 1. The highest BCUT2D eigenvalue weighted by Crippen LogP contribution is 2.26. The van der Waals surface area contributed by atoms with Crippen molar-refractivity contribution in [1.82, 2.24) is 14.5 Å². The molecule has 0 radical (unpaired) electrons. The minimum atomic E-state index is -4.91. The van der Waals surface area contributed by atoms with E-state index >= 15 is 0 Å². The fourth-order valence-corrected chi connectivity index (χ4v) is 3.87. The average molecular weight is 460 g/mol. The average Bonchev–Trinajstić information content (AvgIpc) is 2.95. The van der Waals surface area contributed by atoms with Crippen molar-refractivity contribution in [1.29, 1.82) is 0 Å². The van der Waals surface area contributed by atoms with Crippen LogP contribution in [0.5, 0.6) is 5.75 Å². The molecule has 0 aliphatic carbocycles. The molecule has 12 heteroatoms. The molecule has 1 N–H and O–H groups in total. The Morgan fingerprint density at radius 2 is 1.70 bits per heavy atom. The zero-order valence-corrected chi connectivity index (χ0v) is 16.7. The van der Waals surface area contributed by atoms with E-state index in [2.05, 4.69) is 9.84 Å². The first kappa shape index (κ1) is 21.7. The quantitative estimate of drug-likeness (QED) is 0.626. The number of hydrogen-bond donors (Lipinski definition) is 1. The molecule has 7 nitrogen and oxygen atoms in total. The Kier molecular flexibility index (Phi) is 5.77. The summed E-state index contributed by atoms with van der Waals surface area (Å²) in [4.78, 5) is 12.1. The number of ether oxygens (including phenoxy) is 1.